The van der Waals surface area contributed by atoms with Crippen LogP contribution in [0.1, 0.15) is 30.5 Å². The molecule has 6 nitrogen and oxygen atoms in total. The van der Waals surface area contributed by atoms with Gasteiger partial charge in [0.25, 0.3) is 0 Å². The predicted molar refractivity (Wildman–Crippen MR) is 121 cm³/mol. The molecule has 0 bridgehead atoms. The smallest absolute Gasteiger partial charge is 0.193 e. The van der Waals surface area contributed by atoms with Crippen LogP contribution in [0.25, 0.3) is 5.65 Å². The highest BCUT2D eigenvalue weighted by Gasteiger charge is 2.30. The molecule has 1 atom stereocenters. The highest BCUT2D eigenvalue weighted by Crippen LogP contribution is 2.20. The number of aryl methyl sites for hydroxylation is 1. The number of pyridine rings is 1. The SMILES string of the molecule is CN=C(NCCc1cn2cccc(C)c2n1)N1CCC(N2CCCC2)C1.I. The van der Waals surface area contributed by atoms with Crippen LogP contribution in [-0.2, 0) is 6.42 Å². The van der Waals surface area contributed by atoms with Gasteiger partial charge in [0.2, 0.25) is 0 Å². The van der Waals surface area contributed by atoms with Gasteiger partial charge in [0.05, 0.1) is 5.69 Å². The fraction of sp³-hybridized carbons (Fsp3) is 0.600. The van der Waals surface area contributed by atoms with Crippen molar-refractivity contribution in [3.63, 3.8) is 0 Å². The first-order valence-corrected chi connectivity index (χ1v) is 9.87. The van der Waals surface area contributed by atoms with E-state index in [0.717, 1.165) is 43.4 Å². The summed E-state index contributed by atoms with van der Waals surface area (Å²) in [6.45, 7) is 7.73. The highest BCUT2D eigenvalue weighted by atomic mass is 127. The minimum Gasteiger partial charge on any atom is -0.356 e. The quantitative estimate of drug-likeness (QED) is 0.414. The average molecular weight is 482 g/mol. The molecule has 0 radical (unpaired) electrons. The van der Waals surface area contributed by atoms with Gasteiger partial charge in [0.15, 0.2) is 5.96 Å². The Morgan fingerprint density at radius 2 is 2.11 bits per heavy atom. The number of nitrogens with zero attached hydrogens (tertiary/aromatic N) is 5. The van der Waals surface area contributed by atoms with E-state index < -0.39 is 0 Å². The van der Waals surface area contributed by atoms with E-state index in [0.29, 0.717) is 6.04 Å². The molecule has 2 aromatic rings. The minimum atomic E-state index is 0. The Morgan fingerprint density at radius 1 is 1.30 bits per heavy atom. The molecule has 2 aromatic heterocycles. The van der Waals surface area contributed by atoms with Crippen molar-refractivity contribution in [3.8, 4) is 0 Å². The predicted octanol–water partition coefficient (Wildman–Crippen LogP) is 2.55. The van der Waals surface area contributed by atoms with Crippen LogP contribution in [0.15, 0.2) is 29.5 Å². The Balaban J connectivity index is 0.00000210. The van der Waals surface area contributed by atoms with E-state index in [1.807, 2.05) is 7.05 Å². The second-order valence-electron chi connectivity index (χ2n) is 7.51. The minimum absolute atomic E-state index is 0. The van der Waals surface area contributed by atoms with Gasteiger partial charge in [-0.2, -0.15) is 0 Å². The van der Waals surface area contributed by atoms with Gasteiger partial charge in [-0.15, -0.1) is 24.0 Å². The molecule has 2 aliphatic heterocycles. The zero-order valence-corrected chi connectivity index (χ0v) is 18.7. The second-order valence-corrected chi connectivity index (χ2v) is 7.51. The molecule has 0 aliphatic carbocycles. The van der Waals surface area contributed by atoms with Gasteiger partial charge in [-0.25, -0.2) is 4.98 Å². The van der Waals surface area contributed by atoms with Crippen molar-refractivity contribution >= 4 is 35.6 Å². The third-order valence-corrected chi connectivity index (χ3v) is 5.72. The fourth-order valence-corrected chi connectivity index (χ4v) is 4.30. The van der Waals surface area contributed by atoms with Crippen molar-refractivity contribution in [2.45, 2.75) is 38.6 Å². The summed E-state index contributed by atoms with van der Waals surface area (Å²) in [5.41, 5.74) is 3.39. The van der Waals surface area contributed by atoms with Gasteiger partial charge < -0.3 is 14.6 Å². The Labute approximate surface area is 179 Å². The number of hydrogen-bond acceptors (Lipinski definition) is 3. The van der Waals surface area contributed by atoms with Crippen LogP contribution in [0.3, 0.4) is 0 Å². The summed E-state index contributed by atoms with van der Waals surface area (Å²) in [5.74, 6) is 1.03. The number of likely N-dealkylation sites (tertiary alicyclic amines) is 2. The number of aliphatic imine (C=N–C) groups is 1. The number of hydrogen-bond donors (Lipinski definition) is 1. The Bertz CT molecular complexity index is 780. The summed E-state index contributed by atoms with van der Waals surface area (Å²) >= 11 is 0. The molecule has 0 saturated carbocycles. The highest BCUT2D eigenvalue weighted by molar-refractivity contribution is 14.0. The normalized spacial score (nSPS) is 21.0. The topological polar surface area (TPSA) is 48.2 Å². The van der Waals surface area contributed by atoms with Gasteiger partial charge in [-0.3, -0.25) is 9.89 Å². The lowest BCUT2D eigenvalue weighted by Gasteiger charge is -2.25. The summed E-state index contributed by atoms with van der Waals surface area (Å²) in [6, 6.07) is 4.88. The van der Waals surface area contributed by atoms with Crippen LogP contribution in [-0.4, -0.2) is 71.0 Å². The van der Waals surface area contributed by atoms with Crippen LogP contribution in [0, 0.1) is 6.92 Å². The van der Waals surface area contributed by atoms with Gasteiger partial charge in [-0.05, 0) is 50.9 Å². The van der Waals surface area contributed by atoms with E-state index in [4.69, 9.17) is 4.98 Å². The monoisotopic (exact) mass is 482 g/mol. The maximum Gasteiger partial charge on any atom is 0.193 e. The molecule has 1 unspecified atom stereocenters. The van der Waals surface area contributed by atoms with Gasteiger partial charge in [0.1, 0.15) is 5.65 Å². The van der Waals surface area contributed by atoms with Crippen molar-refractivity contribution in [1.29, 1.82) is 0 Å². The maximum absolute atomic E-state index is 4.76. The molecule has 0 amide bonds. The Morgan fingerprint density at radius 3 is 2.85 bits per heavy atom. The molecule has 2 saturated heterocycles. The molecule has 2 fully saturated rings. The first-order chi connectivity index (χ1) is 12.7. The molecule has 0 spiro atoms. The van der Waals surface area contributed by atoms with Crippen LogP contribution in [0.5, 0.6) is 0 Å². The van der Waals surface area contributed by atoms with E-state index in [1.165, 1.54) is 37.9 Å². The van der Waals surface area contributed by atoms with E-state index in [1.54, 1.807) is 0 Å². The summed E-state index contributed by atoms with van der Waals surface area (Å²) in [4.78, 5) is 14.3. The van der Waals surface area contributed by atoms with Gasteiger partial charge in [-0.1, -0.05) is 6.07 Å². The molecule has 148 valence electrons. The lowest BCUT2D eigenvalue weighted by molar-refractivity contribution is 0.249. The van der Waals surface area contributed by atoms with E-state index in [2.05, 4.69) is 56.0 Å². The number of nitrogens with one attached hydrogen (secondary N) is 1. The Kier molecular flexibility index (Phi) is 6.97. The van der Waals surface area contributed by atoms with Crippen molar-refractivity contribution < 1.29 is 0 Å². The molecular formula is C20H31IN6. The van der Waals surface area contributed by atoms with E-state index >= 15 is 0 Å². The van der Waals surface area contributed by atoms with Crippen molar-refractivity contribution in [1.82, 2.24) is 24.5 Å². The number of halogens is 1. The third kappa shape index (κ3) is 4.56. The first kappa shape index (κ1) is 20.4. The summed E-state index contributed by atoms with van der Waals surface area (Å²) in [5, 5.41) is 3.54. The summed E-state index contributed by atoms with van der Waals surface area (Å²) < 4.78 is 2.11. The van der Waals surface area contributed by atoms with E-state index in [9.17, 15) is 0 Å². The molecule has 0 aromatic carbocycles. The Hall–Kier alpha value is -1.35. The average Bonchev–Trinajstić information content (AvgIpc) is 3.38. The zero-order valence-electron chi connectivity index (χ0n) is 16.4. The molecule has 4 heterocycles. The first-order valence-electron chi connectivity index (χ1n) is 9.87. The molecule has 1 N–H and O–H groups in total. The van der Waals surface area contributed by atoms with Gasteiger partial charge in [0, 0.05) is 51.5 Å². The van der Waals surface area contributed by atoms with Crippen LogP contribution in [0.4, 0.5) is 0 Å². The number of imidazole rings is 1. The molecule has 2 aliphatic rings. The third-order valence-electron chi connectivity index (χ3n) is 5.72. The van der Waals surface area contributed by atoms with Crippen molar-refractivity contribution in [3.05, 3.63) is 35.8 Å². The van der Waals surface area contributed by atoms with Crippen molar-refractivity contribution in [2.24, 2.45) is 4.99 Å². The zero-order chi connectivity index (χ0) is 17.9. The molecule has 27 heavy (non-hydrogen) atoms. The van der Waals surface area contributed by atoms with E-state index in [-0.39, 0.29) is 24.0 Å². The number of rotatable bonds is 4. The lowest BCUT2D eigenvalue weighted by Crippen LogP contribution is -2.43. The second kappa shape index (κ2) is 9.23. The van der Waals surface area contributed by atoms with Crippen LogP contribution < -0.4 is 5.32 Å². The fourth-order valence-electron chi connectivity index (χ4n) is 4.30. The van der Waals surface area contributed by atoms with Crippen molar-refractivity contribution in [2.75, 3.05) is 39.8 Å². The molecule has 7 heteroatoms. The number of fused-ring (bicyclic) bond motifs is 1. The number of guanidine groups is 1. The molecular weight excluding hydrogens is 451 g/mol. The maximum atomic E-state index is 4.76. The summed E-state index contributed by atoms with van der Waals surface area (Å²) in [6.07, 6.45) is 9.08. The largest absolute Gasteiger partial charge is 0.356 e. The number of aromatic nitrogens is 2. The lowest BCUT2D eigenvalue weighted by atomic mass is 10.2. The van der Waals surface area contributed by atoms with Crippen LogP contribution in [0.2, 0.25) is 0 Å². The van der Waals surface area contributed by atoms with Crippen LogP contribution >= 0.6 is 24.0 Å². The molecule has 4 rings (SSSR count). The standard InChI is InChI=1S/C20H30N6.HI/c1-16-6-5-12-25-14-17(23-19(16)25)7-9-22-20(21-2)26-13-8-18(15-26)24-10-3-4-11-24;/h5-6,12,14,18H,3-4,7-11,13,15H2,1-2H3,(H,21,22);1H. The summed E-state index contributed by atoms with van der Waals surface area (Å²) in [7, 11) is 1.89. The van der Waals surface area contributed by atoms with Gasteiger partial charge >= 0.3 is 0 Å².